The van der Waals surface area contributed by atoms with E-state index in [2.05, 4.69) is 29.5 Å². The van der Waals surface area contributed by atoms with E-state index < -0.39 is 0 Å². The van der Waals surface area contributed by atoms with Crippen LogP contribution >= 0.6 is 22.6 Å². The van der Waals surface area contributed by atoms with Crippen LogP contribution in [0.25, 0.3) is 0 Å². The average molecular weight is 353 g/mol. The van der Waals surface area contributed by atoms with Gasteiger partial charge in [0.25, 0.3) is 0 Å². The maximum absolute atomic E-state index is 5.97. The lowest BCUT2D eigenvalue weighted by molar-refractivity contribution is 0.482. The van der Waals surface area contributed by atoms with Crippen molar-refractivity contribution in [3.63, 3.8) is 0 Å². The molecule has 0 saturated heterocycles. The lowest BCUT2D eigenvalue weighted by Crippen LogP contribution is -2.07. The Bertz CT molecular complexity index is 510. The number of hydrogen-bond acceptors (Lipinski definition) is 2. The van der Waals surface area contributed by atoms with Gasteiger partial charge in [-0.2, -0.15) is 0 Å². The molecule has 94 valence electrons. The molecule has 0 aliphatic rings. The number of rotatable bonds is 4. The van der Waals surface area contributed by atoms with Gasteiger partial charge in [0.05, 0.1) is 0 Å². The summed E-state index contributed by atoms with van der Waals surface area (Å²) in [6.07, 6.45) is 0.942. The standard InChI is InChI=1S/C15H16INO/c1-2-15(17)11-6-8-13(9-7-11)18-14-5-3-4-12(16)10-14/h3-10,15H,2,17H2,1H3/t15-/m1/s1. The zero-order chi connectivity index (χ0) is 13.0. The summed E-state index contributed by atoms with van der Waals surface area (Å²) < 4.78 is 6.94. The van der Waals surface area contributed by atoms with Crippen LogP contribution in [-0.4, -0.2) is 0 Å². The van der Waals surface area contributed by atoms with Gasteiger partial charge in [-0.05, 0) is 64.9 Å². The van der Waals surface area contributed by atoms with Gasteiger partial charge in [-0.25, -0.2) is 0 Å². The molecule has 0 aliphatic carbocycles. The topological polar surface area (TPSA) is 35.2 Å². The van der Waals surface area contributed by atoms with Crippen LogP contribution in [0.4, 0.5) is 0 Å². The number of halogens is 1. The maximum atomic E-state index is 5.97. The van der Waals surface area contributed by atoms with Crippen molar-refractivity contribution in [3.8, 4) is 11.5 Å². The van der Waals surface area contributed by atoms with E-state index in [1.165, 1.54) is 0 Å². The van der Waals surface area contributed by atoms with Crippen molar-refractivity contribution in [1.29, 1.82) is 0 Å². The Hall–Kier alpha value is -1.07. The minimum atomic E-state index is 0.108. The summed E-state index contributed by atoms with van der Waals surface area (Å²) in [4.78, 5) is 0. The zero-order valence-corrected chi connectivity index (χ0v) is 12.4. The molecule has 0 heterocycles. The lowest BCUT2D eigenvalue weighted by Gasteiger charge is -2.10. The van der Waals surface area contributed by atoms with Gasteiger partial charge in [0, 0.05) is 9.61 Å². The normalized spacial score (nSPS) is 12.2. The Labute approximate surface area is 121 Å². The minimum Gasteiger partial charge on any atom is -0.457 e. The first kappa shape index (κ1) is 13.4. The molecule has 0 bridgehead atoms. The number of ether oxygens (including phenoxy) is 1. The van der Waals surface area contributed by atoms with E-state index in [0.29, 0.717) is 0 Å². The molecule has 0 unspecified atom stereocenters. The first-order valence-electron chi connectivity index (χ1n) is 5.98. The van der Waals surface area contributed by atoms with Crippen LogP contribution in [0.1, 0.15) is 24.9 Å². The second kappa shape index (κ2) is 6.20. The third-order valence-corrected chi connectivity index (χ3v) is 3.45. The molecule has 0 aromatic heterocycles. The smallest absolute Gasteiger partial charge is 0.128 e. The molecule has 18 heavy (non-hydrogen) atoms. The quantitative estimate of drug-likeness (QED) is 0.822. The summed E-state index contributed by atoms with van der Waals surface area (Å²) in [5.74, 6) is 1.69. The molecule has 3 heteroatoms. The van der Waals surface area contributed by atoms with Crippen LogP contribution in [0.3, 0.4) is 0 Å². The van der Waals surface area contributed by atoms with Gasteiger partial charge < -0.3 is 10.5 Å². The van der Waals surface area contributed by atoms with Gasteiger partial charge in [0.1, 0.15) is 11.5 Å². The fraction of sp³-hybridized carbons (Fsp3) is 0.200. The highest BCUT2D eigenvalue weighted by molar-refractivity contribution is 14.1. The average Bonchev–Trinajstić information content (AvgIpc) is 2.39. The second-order valence-electron chi connectivity index (χ2n) is 4.14. The third-order valence-electron chi connectivity index (χ3n) is 2.78. The molecule has 0 fully saturated rings. The van der Waals surface area contributed by atoms with E-state index in [1.807, 2.05) is 48.5 Å². The van der Waals surface area contributed by atoms with Crippen LogP contribution in [0, 0.1) is 3.57 Å². The monoisotopic (exact) mass is 353 g/mol. The van der Waals surface area contributed by atoms with Crippen molar-refractivity contribution in [2.45, 2.75) is 19.4 Å². The van der Waals surface area contributed by atoms with E-state index in [4.69, 9.17) is 10.5 Å². The van der Waals surface area contributed by atoms with Gasteiger partial charge in [-0.1, -0.05) is 25.1 Å². The highest BCUT2D eigenvalue weighted by Crippen LogP contribution is 2.24. The molecule has 2 N–H and O–H groups in total. The number of benzene rings is 2. The minimum absolute atomic E-state index is 0.108. The zero-order valence-electron chi connectivity index (χ0n) is 10.3. The lowest BCUT2D eigenvalue weighted by atomic mass is 10.1. The van der Waals surface area contributed by atoms with Crippen LogP contribution < -0.4 is 10.5 Å². The molecule has 2 aromatic rings. The highest BCUT2D eigenvalue weighted by Gasteiger charge is 2.03. The van der Waals surface area contributed by atoms with E-state index in [-0.39, 0.29) is 6.04 Å². The van der Waals surface area contributed by atoms with Crippen LogP contribution in [-0.2, 0) is 0 Å². The SMILES string of the molecule is CC[C@@H](N)c1ccc(Oc2cccc(I)c2)cc1. The first-order chi connectivity index (χ1) is 8.69. The predicted molar refractivity (Wildman–Crippen MR) is 82.9 cm³/mol. The predicted octanol–water partition coefficient (Wildman–Crippen LogP) is 4.49. The van der Waals surface area contributed by atoms with Crippen molar-refractivity contribution in [2.24, 2.45) is 5.73 Å². The Morgan fingerprint density at radius 3 is 2.44 bits per heavy atom. The Morgan fingerprint density at radius 2 is 1.83 bits per heavy atom. The fourth-order valence-corrected chi connectivity index (χ4v) is 2.20. The molecule has 0 amide bonds. The van der Waals surface area contributed by atoms with E-state index in [9.17, 15) is 0 Å². The summed E-state index contributed by atoms with van der Waals surface area (Å²) in [5, 5.41) is 0. The molecule has 2 rings (SSSR count). The highest BCUT2D eigenvalue weighted by atomic mass is 127. The second-order valence-corrected chi connectivity index (χ2v) is 5.39. The van der Waals surface area contributed by atoms with Crippen molar-refractivity contribution in [2.75, 3.05) is 0 Å². The van der Waals surface area contributed by atoms with Gasteiger partial charge >= 0.3 is 0 Å². The third kappa shape index (κ3) is 3.46. The molecule has 2 nitrogen and oxygen atoms in total. The molecular formula is C15H16INO. The number of hydrogen-bond donors (Lipinski definition) is 1. The summed E-state index contributed by atoms with van der Waals surface area (Å²) in [6, 6.07) is 16.1. The van der Waals surface area contributed by atoms with Crippen LogP contribution in [0.2, 0.25) is 0 Å². The van der Waals surface area contributed by atoms with Crippen molar-refractivity contribution < 1.29 is 4.74 Å². The van der Waals surface area contributed by atoms with Crippen LogP contribution in [0.5, 0.6) is 11.5 Å². The van der Waals surface area contributed by atoms with Crippen molar-refractivity contribution in [3.05, 3.63) is 57.7 Å². The summed E-state index contributed by atoms with van der Waals surface area (Å²) in [5.41, 5.74) is 7.12. The van der Waals surface area contributed by atoms with E-state index in [1.54, 1.807) is 0 Å². The van der Waals surface area contributed by atoms with Gasteiger partial charge in [0.15, 0.2) is 0 Å². The Kier molecular flexibility index (Phi) is 4.60. The Balaban J connectivity index is 2.11. The summed E-state index contributed by atoms with van der Waals surface area (Å²) >= 11 is 2.27. The van der Waals surface area contributed by atoms with E-state index >= 15 is 0 Å². The fourth-order valence-electron chi connectivity index (χ4n) is 1.69. The first-order valence-corrected chi connectivity index (χ1v) is 7.06. The van der Waals surface area contributed by atoms with Gasteiger partial charge in [-0.3, -0.25) is 0 Å². The number of nitrogens with two attached hydrogens (primary N) is 1. The van der Waals surface area contributed by atoms with Crippen molar-refractivity contribution >= 4 is 22.6 Å². The van der Waals surface area contributed by atoms with Crippen LogP contribution in [0.15, 0.2) is 48.5 Å². The molecule has 0 spiro atoms. The summed E-state index contributed by atoms with van der Waals surface area (Å²) in [6.45, 7) is 2.08. The molecule has 0 aliphatic heterocycles. The Morgan fingerprint density at radius 1 is 1.11 bits per heavy atom. The van der Waals surface area contributed by atoms with Gasteiger partial charge in [-0.15, -0.1) is 0 Å². The molecule has 2 aromatic carbocycles. The van der Waals surface area contributed by atoms with Crippen molar-refractivity contribution in [1.82, 2.24) is 0 Å². The maximum Gasteiger partial charge on any atom is 0.128 e. The molecule has 0 radical (unpaired) electrons. The molecule has 0 saturated carbocycles. The molecule has 1 atom stereocenters. The summed E-state index contributed by atoms with van der Waals surface area (Å²) in [7, 11) is 0. The molecular weight excluding hydrogens is 337 g/mol. The van der Waals surface area contributed by atoms with E-state index in [0.717, 1.165) is 27.1 Å². The largest absolute Gasteiger partial charge is 0.457 e. The van der Waals surface area contributed by atoms with Gasteiger partial charge in [0.2, 0.25) is 0 Å².